The number of nitrogens with zero attached hydrogens (tertiary/aromatic N) is 2. The lowest BCUT2D eigenvalue weighted by Crippen LogP contribution is -2.19. The number of para-hydroxylation sites is 1. The Labute approximate surface area is 171 Å². The molecule has 1 aliphatic heterocycles. The standard InChI is InChI=1S/C22H19N3O3S/c1-2-14-7-9-16(10-8-14)23-22-24-21(28)19(29-22)11-15-12-25(13-20(26)27)18-6-4-3-5-17(15)18/h3-12H,2,13H2,1H3,(H,26,27)(H,23,24,28). The number of benzene rings is 2. The van der Waals surface area contributed by atoms with Crippen molar-refractivity contribution in [3.8, 4) is 0 Å². The number of aromatic nitrogens is 1. The second-order valence-electron chi connectivity index (χ2n) is 6.62. The summed E-state index contributed by atoms with van der Waals surface area (Å²) < 4.78 is 1.67. The minimum absolute atomic E-state index is 0.135. The summed E-state index contributed by atoms with van der Waals surface area (Å²) in [6.07, 6.45) is 4.51. The number of amides is 1. The van der Waals surface area contributed by atoms with Crippen LogP contribution in [0.5, 0.6) is 0 Å². The molecule has 1 aromatic heterocycles. The van der Waals surface area contributed by atoms with Gasteiger partial charge in [0.1, 0.15) is 6.54 Å². The zero-order chi connectivity index (χ0) is 20.4. The molecule has 146 valence electrons. The number of carboxylic acids is 1. The highest BCUT2D eigenvalue weighted by Crippen LogP contribution is 2.31. The fourth-order valence-corrected chi connectivity index (χ4v) is 4.04. The van der Waals surface area contributed by atoms with Crippen LogP contribution < -0.4 is 5.32 Å². The van der Waals surface area contributed by atoms with Crippen LogP contribution >= 0.6 is 11.8 Å². The first kappa shape index (κ1) is 19.0. The van der Waals surface area contributed by atoms with Crippen molar-refractivity contribution < 1.29 is 14.7 Å². The van der Waals surface area contributed by atoms with Gasteiger partial charge in [-0.25, -0.2) is 4.99 Å². The van der Waals surface area contributed by atoms with Gasteiger partial charge in [0.05, 0.1) is 10.6 Å². The van der Waals surface area contributed by atoms with Gasteiger partial charge in [0.15, 0.2) is 5.17 Å². The van der Waals surface area contributed by atoms with Crippen LogP contribution in [0.3, 0.4) is 0 Å². The summed E-state index contributed by atoms with van der Waals surface area (Å²) in [6.45, 7) is 1.96. The molecule has 29 heavy (non-hydrogen) atoms. The van der Waals surface area contributed by atoms with E-state index >= 15 is 0 Å². The molecule has 1 fully saturated rings. The highest BCUT2D eigenvalue weighted by molar-refractivity contribution is 8.18. The van der Waals surface area contributed by atoms with Crippen molar-refractivity contribution in [2.24, 2.45) is 4.99 Å². The first-order valence-electron chi connectivity index (χ1n) is 9.21. The summed E-state index contributed by atoms with van der Waals surface area (Å²) >= 11 is 1.27. The molecule has 0 unspecified atom stereocenters. The van der Waals surface area contributed by atoms with Crippen LogP contribution in [0.1, 0.15) is 18.1 Å². The molecule has 7 heteroatoms. The number of hydrogen-bond acceptors (Lipinski definition) is 4. The summed E-state index contributed by atoms with van der Waals surface area (Å²) in [7, 11) is 0. The molecule has 4 rings (SSSR count). The topological polar surface area (TPSA) is 83.7 Å². The van der Waals surface area contributed by atoms with E-state index in [-0.39, 0.29) is 12.5 Å². The van der Waals surface area contributed by atoms with Gasteiger partial charge in [0.25, 0.3) is 5.91 Å². The molecule has 2 N–H and O–H groups in total. The molecule has 1 amide bonds. The molecule has 0 atom stereocenters. The zero-order valence-corrected chi connectivity index (χ0v) is 16.6. The third-order valence-corrected chi connectivity index (χ3v) is 5.55. The van der Waals surface area contributed by atoms with E-state index in [1.165, 1.54) is 17.3 Å². The Bertz CT molecular complexity index is 1160. The number of hydrogen-bond donors (Lipinski definition) is 2. The molecule has 6 nitrogen and oxygen atoms in total. The zero-order valence-electron chi connectivity index (χ0n) is 15.8. The molecule has 3 aromatic rings. The SMILES string of the molecule is CCc1ccc(N=C2NC(=O)C(=Cc3cn(CC(=O)O)c4ccccc34)S2)cc1. The number of aryl methyl sites for hydroxylation is 1. The minimum atomic E-state index is -0.915. The highest BCUT2D eigenvalue weighted by Gasteiger charge is 2.24. The van der Waals surface area contributed by atoms with E-state index in [1.807, 2.05) is 48.5 Å². The minimum Gasteiger partial charge on any atom is -0.480 e. The van der Waals surface area contributed by atoms with Crippen molar-refractivity contribution >= 4 is 51.5 Å². The van der Waals surface area contributed by atoms with Gasteiger partial charge >= 0.3 is 5.97 Å². The third kappa shape index (κ3) is 4.09. The van der Waals surface area contributed by atoms with E-state index in [2.05, 4.69) is 17.2 Å². The maximum atomic E-state index is 12.4. The molecular weight excluding hydrogens is 386 g/mol. The number of carbonyl (C=O) groups is 2. The Morgan fingerprint density at radius 1 is 1.21 bits per heavy atom. The Morgan fingerprint density at radius 3 is 2.69 bits per heavy atom. The highest BCUT2D eigenvalue weighted by atomic mass is 32.2. The number of fused-ring (bicyclic) bond motifs is 1. The number of aliphatic carboxylic acids is 1. The van der Waals surface area contributed by atoms with Crippen molar-refractivity contribution in [2.45, 2.75) is 19.9 Å². The lowest BCUT2D eigenvalue weighted by atomic mass is 10.1. The lowest BCUT2D eigenvalue weighted by Gasteiger charge is -1.99. The number of rotatable bonds is 5. The summed E-state index contributed by atoms with van der Waals surface area (Å²) in [6, 6.07) is 15.5. The number of nitrogens with one attached hydrogen (secondary N) is 1. The fraction of sp³-hybridized carbons (Fsp3) is 0.136. The van der Waals surface area contributed by atoms with Gasteiger partial charge in [-0.15, -0.1) is 0 Å². The van der Waals surface area contributed by atoms with Gasteiger partial charge in [0, 0.05) is 22.7 Å². The lowest BCUT2D eigenvalue weighted by molar-refractivity contribution is -0.137. The van der Waals surface area contributed by atoms with Crippen LogP contribution in [0.25, 0.3) is 17.0 Å². The van der Waals surface area contributed by atoms with Crippen molar-refractivity contribution in [2.75, 3.05) is 0 Å². The molecule has 1 saturated heterocycles. The molecule has 0 radical (unpaired) electrons. The van der Waals surface area contributed by atoms with Gasteiger partial charge < -0.3 is 15.0 Å². The molecule has 1 aliphatic rings. The Kier molecular flexibility index (Phi) is 5.22. The van der Waals surface area contributed by atoms with Crippen molar-refractivity contribution in [1.29, 1.82) is 0 Å². The fourth-order valence-electron chi connectivity index (χ4n) is 3.21. The van der Waals surface area contributed by atoms with E-state index in [4.69, 9.17) is 5.11 Å². The number of carbonyl (C=O) groups excluding carboxylic acids is 1. The number of thioether (sulfide) groups is 1. The molecule has 0 saturated carbocycles. The number of amidine groups is 1. The summed E-state index contributed by atoms with van der Waals surface area (Å²) in [5, 5.41) is 13.4. The van der Waals surface area contributed by atoms with Crippen LogP contribution in [-0.2, 0) is 22.6 Å². The Balaban J connectivity index is 1.64. The number of carboxylic acid groups (broad SMARTS) is 1. The van der Waals surface area contributed by atoms with Crippen LogP contribution in [0.2, 0.25) is 0 Å². The normalized spacial score (nSPS) is 16.7. The van der Waals surface area contributed by atoms with Crippen LogP contribution in [0.4, 0.5) is 5.69 Å². The van der Waals surface area contributed by atoms with E-state index < -0.39 is 5.97 Å². The monoisotopic (exact) mass is 405 g/mol. The van der Waals surface area contributed by atoms with Gasteiger partial charge in [0.2, 0.25) is 0 Å². The summed E-state index contributed by atoms with van der Waals surface area (Å²) in [5.41, 5.74) is 3.63. The summed E-state index contributed by atoms with van der Waals surface area (Å²) in [4.78, 5) is 28.6. The predicted octanol–water partition coefficient (Wildman–Crippen LogP) is 4.18. The average molecular weight is 405 g/mol. The van der Waals surface area contributed by atoms with Crippen LogP contribution in [0, 0.1) is 0 Å². The molecule has 0 bridgehead atoms. The number of aliphatic imine (C=N–C) groups is 1. The van der Waals surface area contributed by atoms with E-state index in [0.29, 0.717) is 10.1 Å². The van der Waals surface area contributed by atoms with Crippen molar-refractivity contribution in [3.05, 3.63) is 70.8 Å². The third-order valence-electron chi connectivity index (χ3n) is 4.64. The molecule has 2 heterocycles. The van der Waals surface area contributed by atoms with Gasteiger partial charge in [-0.3, -0.25) is 9.59 Å². The second-order valence-corrected chi connectivity index (χ2v) is 7.66. The van der Waals surface area contributed by atoms with Gasteiger partial charge in [-0.2, -0.15) is 0 Å². The van der Waals surface area contributed by atoms with E-state index in [0.717, 1.165) is 28.6 Å². The van der Waals surface area contributed by atoms with Gasteiger partial charge in [-0.1, -0.05) is 37.3 Å². The molecule has 2 aromatic carbocycles. The molecule has 0 aliphatic carbocycles. The Hall–Kier alpha value is -3.32. The van der Waals surface area contributed by atoms with Crippen LogP contribution in [0.15, 0.2) is 64.6 Å². The van der Waals surface area contributed by atoms with Crippen molar-refractivity contribution in [3.63, 3.8) is 0 Å². The Morgan fingerprint density at radius 2 is 1.97 bits per heavy atom. The first-order valence-corrected chi connectivity index (χ1v) is 10.0. The maximum Gasteiger partial charge on any atom is 0.323 e. The average Bonchev–Trinajstić information content (AvgIpc) is 3.22. The summed E-state index contributed by atoms with van der Waals surface area (Å²) in [5.74, 6) is -1.13. The molecular formula is C22H19N3O3S. The van der Waals surface area contributed by atoms with Crippen molar-refractivity contribution in [1.82, 2.24) is 9.88 Å². The largest absolute Gasteiger partial charge is 0.480 e. The smallest absolute Gasteiger partial charge is 0.323 e. The second kappa shape index (κ2) is 7.97. The van der Waals surface area contributed by atoms with E-state index in [1.54, 1.807) is 16.8 Å². The van der Waals surface area contributed by atoms with E-state index in [9.17, 15) is 9.59 Å². The van der Waals surface area contributed by atoms with Crippen LogP contribution in [-0.4, -0.2) is 26.7 Å². The maximum absolute atomic E-state index is 12.4. The quantitative estimate of drug-likeness (QED) is 0.624. The van der Waals surface area contributed by atoms with Gasteiger partial charge in [-0.05, 0) is 48.0 Å². The predicted molar refractivity (Wildman–Crippen MR) is 116 cm³/mol. The first-order chi connectivity index (χ1) is 14.0. The molecule has 0 spiro atoms.